The summed E-state index contributed by atoms with van der Waals surface area (Å²) in [4.78, 5) is 31.1. The van der Waals surface area contributed by atoms with Gasteiger partial charge in [0.05, 0.1) is 0 Å². The molecule has 1 saturated heterocycles. The molecule has 1 fully saturated rings. The van der Waals surface area contributed by atoms with Crippen molar-refractivity contribution in [1.29, 1.82) is 0 Å². The number of carbonyl (C=O) groups is 2. The Morgan fingerprint density at radius 2 is 2.27 bits per heavy atom. The van der Waals surface area contributed by atoms with E-state index in [-0.39, 0.29) is 17.1 Å². The van der Waals surface area contributed by atoms with Gasteiger partial charge in [0.25, 0.3) is 0 Å². The summed E-state index contributed by atoms with van der Waals surface area (Å²) in [5, 5.41) is 2.83. The van der Waals surface area contributed by atoms with E-state index >= 15 is 0 Å². The zero-order chi connectivity index (χ0) is 15.9. The van der Waals surface area contributed by atoms with Crippen molar-refractivity contribution < 1.29 is 9.59 Å². The molecule has 0 radical (unpaired) electrons. The SMILES string of the molecule is CCC(=O)NC1C(=O)C=C2N(CCC2(C)C)c2ncccc21. The number of nitrogens with zero attached hydrogens (tertiary/aromatic N) is 2. The number of hydrogen-bond acceptors (Lipinski definition) is 4. The fourth-order valence-corrected chi connectivity index (χ4v) is 3.14. The number of nitrogens with one attached hydrogen (secondary N) is 1. The second-order valence-electron chi connectivity index (χ2n) is 6.49. The van der Waals surface area contributed by atoms with Gasteiger partial charge in [-0.3, -0.25) is 9.59 Å². The van der Waals surface area contributed by atoms with Gasteiger partial charge in [0.2, 0.25) is 5.91 Å². The Bertz CT molecular complexity index is 664. The Hall–Kier alpha value is -2.17. The third kappa shape index (κ3) is 2.30. The van der Waals surface area contributed by atoms with Crippen molar-refractivity contribution in [3.63, 3.8) is 0 Å². The molecule has 1 aromatic rings. The lowest BCUT2D eigenvalue weighted by Gasteiger charge is -2.25. The van der Waals surface area contributed by atoms with Crippen molar-refractivity contribution in [3.05, 3.63) is 35.7 Å². The highest BCUT2D eigenvalue weighted by Gasteiger charge is 2.41. The van der Waals surface area contributed by atoms with Crippen LogP contribution in [0.1, 0.15) is 45.2 Å². The number of carbonyl (C=O) groups excluding carboxylic acids is 2. The van der Waals surface area contributed by atoms with Gasteiger partial charge in [0, 0.05) is 41.9 Å². The van der Waals surface area contributed by atoms with Gasteiger partial charge in [-0.2, -0.15) is 0 Å². The fraction of sp³-hybridized carbons (Fsp3) is 0.471. The van der Waals surface area contributed by atoms with Crippen LogP contribution in [0.3, 0.4) is 0 Å². The van der Waals surface area contributed by atoms with Gasteiger partial charge in [0.1, 0.15) is 11.9 Å². The summed E-state index contributed by atoms with van der Waals surface area (Å²) >= 11 is 0. The minimum absolute atomic E-state index is 0.0614. The number of anilines is 1. The number of aromatic nitrogens is 1. The van der Waals surface area contributed by atoms with Crippen LogP contribution in [0.4, 0.5) is 5.82 Å². The topological polar surface area (TPSA) is 62.3 Å². The molecule has 5 heteroatoms. The molecule has 1 aromatic heterocycles. The van der Waals surface area contributed by atoms with Crippen molar-refractivity contribution in [2.24, 2.45) is 5.41 Å². The van der Waals surface area contributed by atoms with E-state index in [0.717, 1.165) is 30.0 Å². The van der Waals surface area contributed by atoms with E-state index in [1.54, 1.807) is 19.2 Å². The summed E-state index contributed by atoms with van der Waals surface area (Å²) in [5.74, 6) is 0.572. The van der Waals surface area contributed by atoms with Crippen LogP contribution in [0.25, 0.3) is 0 Å². The highest BCUT2D eigenvalue weighted by atomic mass is 16.2. The second kappa shape index (κ2) is 5.23. The average Bonchev–Trinajstić information content (AvgIpc) is 2.72. The van der Waals surface area contributed by atoms with Gasteiger partial charge in [-0.05, 0) is 12.5 Å². The summed E-state index contributed by atoms with van der Waals surface area (Å²) in [6, 6.07) is 3.04. The standard InChI is InChI=1S/C17H21N3O2/c1-4-14(22)19-15-11-6-5-8-18-16(11)20-9-7-17(2,3)13(20)10-12(15)21/h5-6,8,10,15H,4,7,9H2,1-3H3,(H,19,22). The molecule has 0 spiro atoms. The molecule has 0 aliphatic carbocycles. The summed E-state index contributed by atoms with van der Waals surface area (Å²) < 4.78 is 0. The lowest BCUT2D eigenvalue weighted by molar-refractivity contribution is -0.125. The quantitative estimate of drug-likeness (QED) is 0.910. The second-order valence-corrected chi connectivity index (χ2v) is 6.49. The first-order valence-electron chi connectivity index (χ1n) is 7.72. The number of rotatable bonds is 2. The van der Waals surface area contributed by atoms with Gasteiger partial charge in [-0.15, -0.1) is 0 Å². The van der Waals surface area contributed by atoms with Crippen molar-refractivity contribution in [2.45, 2.75) is 39.7 Å². The Balaban J connectivity index is 2.12. The molecule has 0 saturated carbocycles. The first kappa shape index (κ1) is 14.8. The zero-order valence-electron chi connectivity index (χ0n) is 13.2. The first-order chi connectivity index (χ1) is 10.4. The lowest BCUT2D eigenvalue weighted by Crippen LogP contribution is -2.32. The molecule has 3 heterocycles. The maximum absolute atomic E-state index is 12.7. The normalized spacial score (nSPS) is 22.5. The highest BCUT2D eigenvalue weighted by Crippen LogP contribution is 2.45. The van der Waals surface area contributed by atoms with Crippen molar-refractivity contribution in [2.75, 3.05) is 11.4 Å². The van der Waals surface area contributed by atoms with Crippen LogP contribution in [-0.2, 0) is 9.59 Å². The summed E-state index contributed by atoms with van der Waals surface area (Å²) in [6.45, 7) is 6.89. The van der Waals surface area contributed by atoms with E-state index < -0.39 is 6.04 Å². The molecule has 0 bridgehead atoms. The molecular formula is C17H21N3O2. The molecule has 1 amide bonds. The molecule has 22 heavy (non-hydrogen) atoms. The van der Waals surface area contributed by atoms with E-state index in [9.17, 15) is 9.59 Å². The average molecular weight is 299 g/mol. The molecule has 0 aromatic carbocycles. The molecule has 1 N–H and O–H groups in total. The molecular weight excluding hydrogens is 278 g/mol. The van der Waals surface area contributed by atoms with Crippen LogP contribution in [0.5, 0.6) is 0 Å². The molecule has 3 rings (SSSR count). The largest absolute Gasteiger partial charge is 0.342 e. The van der Waals surface area contributed by atoms with Gasteiger partial charge < -0.3 is 10.2 Å². The van der Waals surface area contributed by atoms with E-state index in [4.69, 9.17) is 0 Å². The van der Waals surface area contributed by atoms with Crippen molar-refractivity contribution in [1.82, 2.24) is 10.3 Å². The Labute approximate surface area is 130 Å². The van der Waals surface area contributed by atoms with Crippen LogP contribution in [0.2, 0.25) is 0 Å². The minimum Gasteiger partial charge on any atom is -0.342 e. The zero-order valence-corrected chi connectivity index (χ0v) is 13.2. The van der Waals surface area contributed by atoms with Crippen LogP contribution in [-0.4, -0.2) is 23.2 Å². The van der Waals surface area contributed by atoms with E-state index in [0.29, 0.717) is 6.42 Å². The van der Waals surface area contributed by atoms with E-state index in [1.807, 2.05) is 12.1 Å². The van der Waals surface area contributed by atoms with E-state index in [2.05, 4.69) is 29.0 Å². The van der Waals surface area contributed by atoms with Crippen LogP contribution in [0, 0.1) is 5.41 Å². The molecule has 116 valence electrons. The van der Waals surface area contributed by atoms with Gasteiger partial charge in [-0.25, -0.2) is 4.98 Å². The van der Waals surface area contributed by atoms with Gasteiger partial charge >= 0.3 is 0 Å². The summed E-state index contributed by atoms with van der Waals surface area (Å²) in [7, 11) is 0. The number of fused-ring (bicyclic) bond motifs is 3. The lowest BCUT2D eigenvalue weighted by atomic mass is 9.88. The molecule has 5 nitrogen and oxygen atoms in total. The van der Waals surface area contributed by atoms with Crippen LogP contribution >= 0.6 is 0 Å². The smallest absolute Gasteiger partial charge is 0.220 e. The monoisotopic (exact) mass is 299 g/mol. The number of ketones is 1. The Morgan fingerprint density at radius 1 is 1.50 bits per heavy atom. The fourth-order valence-electron chi connectivity index (χ4n) is 3.14. The third-order valence-corrected chi connectivity index (χ3v) is 4.52. The number of hydrogen-bond donors (Lipinski definition) is 1. The number of amides is 1. The predicted octanol–water partition coefficient (Wildman–Crippen LogP) is 2.35. The number of pyridine rings is 1. The first-order valence-corrected chi connectivity index (χ1v) is 7.72. The summed E-state index contributed by atoms with van der Waals surface area (Å²) in [5.41, 5.74) is 1.71. The molecule has 1 atom stereocenters. The molecule has 1 unspecified atom stereocenters. The molecule has 2 aliphatic rings. The predicted molar refractivity (Wildman–Crippen MR) is 84.2 cm³/mol. The van der Waals surface area contributed by atoms with Gasteiger partial charge in [-0.1, -0.05) is 26.8 Å². The Kier molecular flexibility index (Phi) is 3.51. The maximum Gasteiger partial charge on any atom is 0.220 e. The van der Waals surface area contributed by atoms with E-state index in [1.165, 1.54) is 0 Å². The van der Waals surface area contributed by atoms with Crippen molar-refractivity contribution >= 4 is 17.5 Å². The Morgan fingerprint density at radius 3 is 3.00 bits per heavy atom. The van der Waals surface area contributed by atoms with Crippen molar-refractivity contribution in [3.8, 4) is 0 Å². The third-order valence-electron chi connectivity index (χ3n) is 4.52. The van der Waals surface area contributed by atoms with Gasteiger partial charge in [0.15, 0.2) is 5.78 Å². The highest BCUT2D eigenvalue weighted by molar-refractivity contribution is 6.00. The molecule has 2 aliphatic heterocycles. The minimum atomic E-state index is -0.648. The maximum atomic E-state index is 12.7. The summed E-state index contributed by atoms with van der Waals surface area (Å²) in [6.07, 6.45) is 4.75. The number of allylic oxidation sites excluding steroid dienone is 1. The van der Waals surface area contributed by atoms with Crippen LogP contribution in [0.15, 0.2) is 30.1 Å². The van der Waals surface area contributed by atoms with Crippen LogP contribution < -0.4 is 10.2 Å².